The molecule has 0 spiro atoms. The van der Waals surface area contributed by atoms with E-state index in [2.05, 4.69) is 4.98 Å². The number of hydrogen-bond acceptors (Lipinski definition) is 4. The minimum atomic E-state index is -0.549. The van der Waals surface area contributed by atoms with Crippen molar-refractivity contribution in [3.05, 3.63) is 60.3 Å². The van der Waals surface area contributed by atoms with Crippen LogP contribution < -0.4 is 16.2 Å². The van der Waals surface area contributed by atoms with Crippen molar-refractivity contribution in [3.63, 3.8) is 0 Å². The fourth-order valence-electron chi connectivity index (χ4n) is 2.12. The van der Waals surface area contributed by atoms with Gasteiger partial charge in [-0.1, -0.05) is 12.1 Å². The Hall–Kier alpha value is -3.08. The Labute approximate surface area is 121 Å². The molecule has 5 heteroatoms. The van der Waals surface area contributed by atoms with Crippen molar-refractivity contribution in [3.8, 4) is 11.5 Å². The number of benzene rings is 2. The molecule has 1 amide bonds. The highest BCUT2D eigenvalue weighted by Gasteiger charge is 2.12. The normalized spacial score (nSPS) is 10.5. The molecule has 3 rings (SSSR count). The molecule has 2 aromatic carbocycles. The predicted octanol–water partition coefficient (Wildman–Crippen LogP) is 2.71. The first kappa shape index (κ1) is 12.9. The van der Waals surface area contributed by atoms with Crippen LogP contribution in [0.4, 0.5) is 5.69 Å². The summed E-state index contributed by atoms with van der Waals surface area (Å²) in [6.07, 6.45) is 1.70. The zero-order valence-electron chi connectivity index (χ0n) is 11.1. The number of aromatic nitrogens is 1. The molecule has 0 bridgehead atoms. The van der Waals surface area contributed by atoms with Gasteiger partial charge in [-0.2, -0.15) is 0 Å². The lowest BCUT2D eigenvalue weighted by atomic mass is 10.1. The molecule has 3 aromatic rings. The second-order valence-electron chi connectivity index (χ2n) is 4.51. The van der Waals surface area contributed by atoms with Gasteiger partial charge in [0.2, 0.25) is 0 Å². The molecule has 0 fully saturated rings. The first-order valence-corrected chi connectivity index (χ1v) is 6.36. The maximum atomic E-state index is 11.4. The summed E-state index contributed by atoms with van der Waals surface area (Å²) in [5, 5.41) is 0.798. The number of anilines is 1. The fourth-order valence-corrected chi connectivity index (χ4v) is 2.12. The number of hydrogen-bond donors (Lipinski definition) is 2. The summed E-state index contributed by atoms with van der Waals surface area (Å²) in [6.45, 7) is 0. The first-order chi connectivity index (χ1) is 10.2. The molecule has 0 saturated heterocycles. The van der Waals surface area contributed by atoms with Crippen LogP contribution in [-0.2, 0) is 0 Å². The molecule has 1 heterocycles. The highest BCUT2D eigenvalue weighted by molar-refractivity contribution is 5.96. The van der Waals surface area contributed by atoms with Crippen LogP contribution in [0.5, 0.6) is 11.5 Å². The number of carbonyl (C=O) groups is 1. The molecule has 0 saturated carbocycles. The molecule has 0 aliphatic carbocycles. The number of pyridine rings is 1. The number of rotatable bonds is 3. The van der Waals surface area contributed by atoms with Gasteiger partial charge in [-0.05, 0) is 36.4 Å². The summed E-state index contributed by atoms with van der Waals surface area (Å²) in [4.78, 5) is 15.6. The number of nitrogens with two attached hydrogens (primary N) is 2. The Morgan fingerprint density at radius 3 is 2.62 bits per heavy atom. The van der Waals surface area contributed by atoms with Crippen molar-refractivity contribution in [2.24, 2.45) is 5.73 Å². The van der Waals surface area contributed by atoms with Crippen molar-refractivity contribution < 1.29 is 9.53 Å². The van der Waals surface area contributed by atoms with E-state index in [1.165, 1.54) is 0 Å². The average Bonchev–Trinajstić information content (AvgIpc) is 2.51. The van der Waals surface area contributed by atoms with Crippen molar-refractivity contribution in [1.29, 1.82) is 0 Å². The van der Waals surface area contributed by atoms with E-state index < -0.39 is 5.91 Å². The van der Waals surface area contributed by atoms with Crippen LogP contribution in [0.2, 0.25) is 0 Å². The van der Waals surface area contributed by atoms with Crippen LogP contribution in [-0.4, -0.2) is 10.9 Å². The van der Waals surface area contributed by atoms with Crippen molar-refractivity contribution in [2.45, 2.75) is 0 Å². The van der Waals surface area contributed by atoms with Crippen LogP contribution in [0, 0.1) is 0 Å². The van der Waals surface area contributed by atoms with E-state index in [0.717, 1.165) is 10.9 Å². The van der Waals surface area contributed by atoms with Crippen LogP contribution in [0.3, 0.4) is 0 Å². The van der Waals surface area contributed by atoms with E-state index in [-0.39, 0.29) is 0 Å². The topological polar surface area (TPSA) is 91.2 Å². The minimum Gasteiger partial charge on any atom is -0.454 e. The Kier molecular flexibility index (Phi) is 3.16. The van der Waals surface area contributed by atoms with Gasteiger partial charge in [-0.15, -0.1) is 0 Å². The van der Waals surface area contributed by atoms with Gasteiger partial charge in [0.25, 0.3) is 5.91 Å². The Bertz CT molecular complexity index is 831. The van der Waals surface area contributed by atoms with Gasteiger partial charge in [-0.25, -0.2) is 0 Å². The van der Waals surface area contributed by atoms with E-state index in [9.17, 15) is 4.79 Å². The Morgan fingerprint density at radius 1 is 1.00 bits per heavy atom. The lowest BCUT2D eigenvalue weighted by molar-refractivity contribution is 0.0998. The summed E-state index contributed by atoms with van der Waals surface area (Å²) in [7, 11) is 0. The second kappa shape index (κ2) is 5.13. The van der Waals surface area contributed by atoms with Crippen LogP contribution in [0.15, 0.2) is 54.7 Å². The Morgan fingerprint density at radius 2 is 1.81 bits per heavy atom. The number of carbonyl (C=O) groups excluding carboxylic acids is 1. The fraction of sp³-hybridized carbons (Fsp3) is 0. The van der Waals surface area contributed by atoms with E-state index in [1.807, 2.05) is 12.1 Å². The Balaban J connectivity index is 2.07. The highest BCUT2D eigenvalue weighted by Crippen LogP contribution is 2.34. The number of nitrogen functional groups attached to an aromatic ring is 1. The van der Waals surface area contributed by atoms with Crippen molar-refractivity contribution in [2.75, 3.05) is 5.73 Å². The molecule has 0 radical (unpaired) electrons. The van der Waals surface area contributed by atoms with E-state index in [4.69, 9.17) is 16.2 Å². The SMILES string of the molecule is NC(=O)c1ccccc1Oc1ccc2ncccc2c1N. The third kappa shape index (κ3) is 2.36. The van der Waals surface area contributed by atoms with E-state index in [0.29, 0.717) is 22.7 Å². The summed E-state index contributed by atoms with van der Waals surface area (Å²) in [5.74, 6) is 0.288. The summed E-state index contributed by atoms with van der Waals surface area (Å²) < 4.78 is 5.76. The molecule has 21 heavy (non-hydrogen) atoms. The number of nitrogens with zero attached hydrogens (tertiary/aromatic N) is 1. The molecule has 5 nitrogen and oxygen atoms in total. The zero-order valence-corrected chi connectivity index (χ0v) is 11.1. The zero-order chi connectivity index (χ0) is 14.8. The third-order valence-corrected chi connectivity index (χ3v) is 3.16. The summed E-state index contributed by atoms with van der Waals surface area (Å²) >= 11 is 0. The van der Waals surface area contributed by atoms with Gasteiger partial charge in [0.15, 0.2) is 5.75 Å². The average molecular weight is 279 g/mol. The van der Waals surface area contributed by atoms with Crippen molar-refractivity contribution >= 4 is 22.5 Å². The second-order valence-corrected chi connectivity index (χ2v) is 4.51. The molecular formula is C16H13N3O2. The lowest BCUT2D eigenvalue weighted by Crippen LogP contribution is -2.12. The van der Waals surface area contributed by atoms with Crippen LogP contribution in [0.1, 0.15) is 10.4 Å². The maximum absolute atomic E-state index is 11.4. The maximum Gasteiger partial charge on any atom is 0.252 e. The molecule has 104 valence electrons. The number of primary amides is 1. The van der Waals surface area contributed by atoms with Crippen LogP contribution >= 0.6 is 0 Å². The highest BCUT2D eigenvalue weighted by atomic mass is 16.5. The molecule has 0 unspecified atom stereocenters. The van der Waals surface area contributed by atoms with Crippen molar-refractivity contribution in [1.82, 2.24) is 4.98 Å². The summed E-state index contributed by atoms with van der Waals surface area (Å²) in [6, 6.07) is 14.0. The minimum absolute atomic E-state index is 0.309. The molecular weight excluding hydrogens is 266 g/mol. The largest absolute Gasteiger partial charge is 0.454 e. The molecule has 0 aliphatic heterocycles. The van der Waals surface area contributed by atoms with E-state index >= 15 is 0 Å². The number of ether oxygens (including phenoxy) is 1. The van der Waals surface area contributed by atoms with E-state index in [1.54, 1.807) is 42.6 Å². The van der Waals surface area contributed by atoms with Gasteiger partial charge < -0.3 is 16.2 Å². The van der Waals surface area contributed by atoms with Gasteiger partial charge in [0, 0.05) is 11.6 Å². The number of para-hydroxylation sites is 1. The molecule has 1 aromatic heterocycles. The molecule has 0 aliphatic rings. The standard InChI is InChI=1S/C16H13N3O2/c17-15-10-5-3-9-19-12(10)7-8-14(15)21-13-6-2-1-4-11(13)16(18)20/h1-9H,17H2,(H2,18,20). The predicted molar refractivity (Wildman–Crippen MR) is 81.2 cm³/mol. The molecule has 4 N–H and O–H groups in total. The lowest BCUT2D eigenvalue weighted by Gasteiger charge is -2.12. The number of amides is 1. The summed E-state index contributed by atoms with van der Waals surface area (Å²) in [5.41, 5.74) is 13.0. The number of fused-ring (bicyclic) bond motifs is 1. The van der Waals surface area contributed by atoms with Crippen LogP contribution in [0.25, 0.3) is 10.9 Å². The monoisotopic (exact) mass is 279 g/mol. The third-order valence-electron chi connectivity index (χ3n) is 3.16. The van der Waals surface area contributed by atoms with Gasteiger partial charge in [0.1, 0.15) is 5.75 Å². The van der Waals surface area contributed by atoms with Gasteiger partial charge >= 0.3 is 0 Å². The smallest absolute Gasteiger partial charge is 0.252 e. The quantitative estimate of drug-likeness (QED) is 0.721. The van der Waals surface area contributed by atoms with Gasteiger partial charge in [-0.3, -0.25) is 9.78 Å². The van der Waals surface area contributed by atoms with Gasteiger partial charge in [0.05, 0.1) is 16.8 Å². The first-order valence-electron chi connectivity index (χ1n) is 6.36. The molecule has 0 atom stereocenters.